The van der Waals surface area contributed by atoms with Gasteiger partial charge >= 0.3 is 12.1 Å². The van der Waals surface area contributed by atoms with E-state index in [1.54, 1.807) is 20.8 Å². The number of piperidine rings is 1. The van der Waals surface area contributed by atoms with Crippen molar-refractivity contribution >= 4 is 18.0 Å². The molecule has 0 N–H and O–H groups in total. The van der Waals surface area contributed by atoms with Gasteiger partial charge in [-0.15, -0.1) is 0 Å². The second kappa shape index (κ2) is 6.99. The molecule has 0 atom stereocenters. The van der Waals surface area contributed by atoms with Gasteiger partial charge in [0, 0.05) is 32.4 Å². The number of carbonyl (C=O) groups is 3. The van der Waals surface area contributed by atoms with Crippen molar-refractivity contribution in [2.75, 3.05) is 26.2 Å². The number of hydrogen-bond donors (Lipinski definition) is 0. The van der Waals surface area contributed by atoms with Crippen LogP contribution in [0.15, 0.2) is 0 Å². The lowest BCUT2D eigenvalue weighted by atomic mass is 9.91. The molecule has 1 spiro atoms. The maximum absolute atomic E-state index is 12.1. The summed E-state index contributed by atoms with van der Waals surface area (Å²) >= 11 is 0. The normalized spacial score (nSPS) is 20.2. The summed E-state index contributed by atoms with van der Waals surface area (Å²) < 4.78 is 10.8. The fourth-order valence-corrected chi connectivity index (χ4v) is 3.14. The molecular weight excluding hydrogens is 312 g/mol. The van der Waals surface area contributed by atoms with Crippen molar-refractivity contribution in [1.82, 2.24) is 9.80 Å². The molecule has 0 aliphatic carbocycles. The Labute approximate surface area is 143 Å². The third-order valence-electron chi connectivity index (χ3n) is 4.27. The number of rotatable bonds is 4. The summed E-state index contributed by atoms with van der Waals surface area (Å²) in [6, 6.07) is 0. The minimum absolute atomic E-state index is 0.101. The van der Waals surface area contributed by atoms with Gasteiger partial charge in [-0.1, -0.05) is 6.92 Å². The summed E-state index contributed by atoms with van der Waals surface area (Å²) in [4.78, 5) is 39.2. The van der Waals surface area contributed by atoms with Crippen molar-refractivity contribution in [2.24, 2.45) is 0 Å². The summed E-state index contributed by atoms with van der Waals surface area (Å²) in [5, 5.41) is 0. The van der Waals surface area contributed by atoms with Gasteiger partial charge in [-0.25, -0.2) is 4.79 Å². The molecule has 0 saturated carbocycles. The highest BCUT2D eigenvalue weighted by molar-refractivity contribution is 5.80. The van der Waals surface area contributed by atoms with Gasteiger partial charge in [-0.05, 0) is 27.2 Å². The van der Waals surface area contributed by atoms with Crippen molar-refractivity contribution in [3.63, 3.8) is 0 Å². The Morgan fingerprint density at radius 2 is 1.88 bits per heavy atom. The van der Waals surface area contributed by atoms with Crippen LogP contribution < -0.4 is 0 Å². The minimum Gasteiger partial charge on any atom is -0.459 e. The number of hydrogen-bond acceptors (Lipinski definition) is 5. The molecular formula is C17H28N2O5. The van der Waals surface area contributed by atoms with Crippen LogP contribution in [-0.4, -0.2) is 65.2 Å². The molecule has 0 aromatic carbocycles. The molecule has 2 amide bonds. The molecule has 0 aromatic heterocycles. The Bertz CT molecular complexity index is 504. The van der Waals surface area contributed by atoms with Crippen molar-refractivity contribution in [2.45, 2.75) is 64.6 Å². The molecule has 2 saturated heterocycles. The maximum Gasteiger partial charge on any atom is 0.411 e. The first kappa shape index (κ1) is 18.5. The molecule has 0 bridgehead atoms. The Morgan fingerprint density at radius 3 is 2.42 bits per heavy atom. The van der Waals surface area contributed by atoms with Crippen LogP contribution in [0.2, 0.25) is 0 Å². The minimum atomic E-state index is -0.581. The zero-order valence-electron chi connectivity index (χ0n) is 15.1. The van der Waals surface area contributed by atoms with Crippen LogP contribution >= 0.6 is 0 Å². The lowest BCUT2D eigenvalue weighted by Crippen LogP contribution is -2.49. The number of likely N-dealkylation sites (tertiary alicyclic amines) is 1. The first-order valence-electron chi connectivity index (χ1n) is 8.62. The van der Waals surface area contributed by atoms with E-state index in [0.29, 0.717) is 38.9 Å². The average Bonchev–Trinajstić information content (AvgIpc) is 2.73. The van der Waals surface area contributed by atoms with Crippen LogP contribution in [0.3, 0.4) is 0 Å². The second-order valence-corrected chi connectivity index (χ2v) is 7.62. The smallest absolute Gasteiger partial charge is 0.411 e. The molecule has 0 aromatic rings. The Balaban J connectivity index is 1.88. The Morgan fingerprint density at radius 1 is 1.25 bits per heavy atom. The fraction of sp³-hybridized carbons (Fsp3) is 0.824. The van der Waals surface area contributed by atoms with E-state index in [2.05, 4.69) is 0 Å². The lowest BCUT2D eigenvalue weighted by molar-refractivity contribution is -0.155. The summed E-state index contributed by atoms with van der Waals surface area (Å²) in [5.41, 5.74) is -1.16. The largest absolute Gasteiger partial charge is 0.459 e. The highest BCUT2D eigenvalue weighted by Gasteiger charge is 2.48. The monoisotopic (exact) mass is 340 g/mol. The summed E-state index contributed by atoms with van der Waals surface area (Å²) in [5.74, 6) is -0.283. The third kappa shape index (κ3) is 4.61. The van der Waals surface area contributed by atoms with E-state index >= 15 is 0 Å². The topological polar surface area (TPSA) is 76.2 Å². The predicted octanol–water partition coefficient (Wildman–Crippen LogP) is 1.94. The molecule has 7 nitrogen and oxygen atoms in total. The second-order valence-electron chi connectivity index (χ2n) is 7.62. The van der Waals surface area contributed by atoms with Crippen LogP contribution in [0.1, 0.15) is 53.4 Å². The van der Waals surface area contributed by atoms with Crippen molar-refractivity contribution in [3.8, 4) is 0 Å². The van der Waals surface area contributed by atoms with Gasteiger partial charge in [0.05, 0.1) is 6.54 Å². The van der Waals surface area contributed by atoms with Gasteiger partial charge in [0.25, 0.3) is 0 Å². The fourth-order valence-electron chi connectivity index (χ4n) is 3.14. The molecule has 7 heteroatoms. The number of ether oxygens (including phenoxy) is 2. The molecule has 2 heterocycles. The van der Waals surface area contributed by atoms with Crippen LogP contribution in [0.4, 0.5) is 4.79 Å². The number of esters is 1. The highest BCUT2D eigenvalue weighted by atomic mass is 16.6. The summed E-state index contributed by atoms with van der Waals surface area (Å²) in [7, 11) is 0. The standard InChI is InChI=1S/C17H28N2O5/c1-5-6-13(20)18-9-7-17(8-10-18)12-19(15(22)24-17)11-14(21)23-16(2,3)4/h5-12H2,1-4H3. The quantitative estimate of drug-likeness (QED) is 0.731. The van der Waals surface area contributed by atoms with E-state index in [-0.39, 0.29) is 12.5 Å². The van der Waals surface area contributed by atoms with E-state index in [1.807, 2.05) is 11.8 Å². The zero-order chi connectivity index (χ0) is 18.0. The first-order chi connectivity index (χ1) is 11.1. The average molecular weight is 340 g/mol. The first-order valence-corrected chi connectivity index (χ1v) is 8.62. The predicted molar refractivity (Wildman–Crippen MR) is 87.4 cm³/mol. The van der Waals surface area contributed by atoms with Crippen LogP contribution in [0.25, 0.3) is 0 Å². The molecule has 2 fully saturated rings. The molecule has 0 radical (unpaired) electrons. The third-order valence-corrected chi connectivity index (χ3v) is 4.27. The number of amides is 2. The zero-order valence-corrected chi connectivity index (χ0v) is 15.1. The molecule has 0 unspecified atom stereocenters. The van der Waals surface area contributed by atoms with E-state index in [4.69, 9.17) is 9.47 Å². The van der Waals surface area contributed by atoms with E-state index in [9.17, 15) is 14.4 Å². The van der Waals surface area contributed by atoms with Gasteiger partial charge in [0.2, 0.25) is 5.91 Å². The van der Waals surface area contributed by atoms with Crippen LogP contribution in [-0.2, 0) is 19.1 Å². The Kier molecular flexibility index (Phi) is 5.40. The van der Waals surface area contributed by atoms with Gasteiger partial charge < -0.3 is 14.4 Å². The van der Waals surface area contributed by atoms with Crippen molar-refractivity contribution in [3.05, 3.63) is 0 Å². The van der Waals surface area contributed by atoms with E-state index < -0.39 is 23.3 Å². The Hall–Kier alpha value is -1.79. The van der Waals surface area contributed by atoms with E-state index in [1.165, 1.54) is 4.90 Å². The molecule has 24 heavy (non-hydrogen) atoms. The van der Waals surface area contributed by atoms with Gasteiger partial charge in [0.1, 0.15) is 17.7 Å². The van der Waals surface area contributed by atoms with Crippen LogP contribution in [0.5, 0.6) is 0 Å². The van der Waals surface area contributed by atoms with Crippen molar-refractivity contribution < 1.29 is 23.9 Å². The van der Waals surface area contributed by atoms with Gasteiger partial charge in [-0.3, -0.25) is 14.5 Å². The molecule has 2 rings (SSSR count). The molecule has 2 aliphatic rings. The number of nitrogens with zero attached hydrogens (tertiary/aromatic N) is 2. The molecule has 136 valence electrons. The SMILES string of the molecule is CCCC(=O)N1CCC2(CC1)CN(CC(=O)OC(C)(C)C)C(=O)O2. The summed E-state index contributed by atoms with van der Waals surface area (Å²) in [6.07, 6.45) is 2.13. The lowest BCUT2D eigenvalue weighted by Gasteiger charge is -2.37. The van der Waals surface area contributed by atoms with Crippen molar-refractivity contribution in [1.29, 1.82) is 0 Å². The maximum atomic E-state index is 12.1. The van der Waals surface area contributed by atoms with Crippen LogP contribution in [0, 0.1) is 0 Å². The van der Waals surface area contributed by atoms with Gasteiger partial charge in [0.15, 0.2) is 0 Å². The van der Waals surface area contributed by atoms with Gasteiger partial charge in [-0.2, -0.15) is 0 Å². The highest BCUT2D eigenvalue weighted by Crippen LogP contribution is 2.33. The number of carbonyl (C=O) groups excluding carboxylic acids is 3. The summed E-state index contributed by atoms with van der Waals surface area (Å²) in [6.45, 7) is 8.81. The van der Waals surface area contributed by atoms with E-state index in [0.717, 1.165) is 6.42 Å². The molecule has 2 aliphatic heterocycles.